The number of carboxylic acid groups (broad SMARTS) is 1. The van der Waals surface area contributed by atoms with Crippen molar-refractivity contribution in [1.29, 1.82) is 0 Å². The van der Waals surface area contributed by atoms with Crippen LogP contribution in [0.5, 0.6) is 0 Å². The molecule has 0 rings (SSSR count). The lowest BCUT2D eigenvalue weighted by molar-refractivity contribution is -0.149. The Hall–Kier alpha value is -0.820. The zero-order valence-corrected chi connectivity index (χ0v) is 9.34. The van der Waals surface area contributed by atoms with Crippen LogP contribution >= 0.6 is 0 Å². The van der Waals surface area contributed by atoms with Crippen LogP contribution in [-0.2, 0) is 4.79 Å². The van der Waals surface area contributed by atoms with Gasteiger partial charge in [0.1, 0.15) is 0 Å². The summed E-state index contributed by atoms with van der Waals surface area (Å²) in [6.45, 7) is 2.52. The Morgan fingerprint density at radius 2 is 2.00 bits per heavy atom. The molecular formula is C9H17F3N2O2. The molecule has 0 aromatic carbocycles. The predicted octanol–water partition coefficient (Wildman–Crippen LogP) is 0.933. The SMILES string of the molecule is CC(C)N(CCNCC(=O)O)CC(F)(F)F. The Morgan fingerprint density at radius 3 is 2.38 bits per heavy atom. The lowest BCUT2D eigenvalue weighted by atomic mass is 10.3. The molecular weight excluding hydrogens is 225 g/mol. The molecule has 0 amide bonds. The molecule has 4 nitrogen and oxygen atoms in total. The van der Waals surface area contributed by atoms with Crippen LogP contribution in [0.2, 0.25) is 0 Å². The van der Waals surface area contributed by atoms with Crippen molar-refractivity contribution in [1.82, 2.24) is 10.2 Å². The fourth-order valence-corrected chi connectivity index (χ4v) is 1.17. The average molecular weight is 242 g/mol. The molecule has 0 bridgehead atoms. The molecule has 0 aliphatic carbocycles. The number of hydrogen-bond donors (Lipinski definition) is 2. The lowest BCUT2D eigenvalue weighted by Gasteiger charge is -2.27. The molecule has 0 aliphatic rings. The number of carboxylic acids is 1. The maximum Gasteiger partial charge on any atom is 0.401 e. The van der Waals surface area contributed by atoms with Crippen molar-refractivity contribution in [2.75, 3.05) is 26.2 Å². The largest absolute Gasteiger partial charge is 0.480 e. The third kappa shape index (κ3) is 8.49. The van der Waals surface area contributed by atoms with Crippen LogP contribution in [0.1, 0.15) is 13.8 Å². The van der Waals surface area contributed by atoms with Crippen molar-refractivity contribution in [2.45, 2.75) is 26.1 Å². The second-order valence-electron chi connectivity index (χ2n) is 3.75. The van der Waals surface area contributed by atoms with Crippen LogP contribution in [0.15, 0.2) is 0 Å². The molecule has 0 saturated heterocycles. The molecule has 0 unspecified atom stereocenters. The van der Waals surface area contributed by atoms with Gasteiger partial charge in [-0.15, -0.1) is 0 Å². The summed E-state index contributed by atoms with van der Waals surface area (Å²) in [5.41, 5.74) is 0. The van der Waals surface area contributed by atoms with Crippen molar-refractivity contribution in [3.63, 3.8) is 0 Å². The molecule has 0 saturated carbocycles. The van der Waals surface area contributed by atoms with E-state index in [1.54, 1.807) is 13.8 Å². The van der Waals surface area contributed by atoms with E-state index in [-0.39, 0.29) is 25.7 Å². The van der Waals surface area contributed by atoms with Crippen molar-refractivity contribution in [2.24, 2.45) is 0 Å². The van der Waals surface area contributed by atoms with Gasteiger partial charge >= 0.3 is 12.1 Å². The number of nitrogens with one attached hydrogen (secondary N) is 1. The fraction of sp³-hybridized carbons (Fsp3) is 0.889. The second kappa shape index (κ2) is 6.70. The van der Waals surface area contributed by atoms with E-state index in [1.807, 2.05) is 0 Å². The van der Waals surface area contributed by atoms with Gasteiger partial charge in [0.05, 0.1) is 13.1 Å². The number of alkyl halides is 3. The quantitative estimate of drug-likeness (QED) is 0.652. The number of hydrogen-bond acceptors (Lipinski definition) is 3. The summed E-state index contributed by atoms with van der Waals surface area (Å²) in [7, 11) is 0. The molecule has 0 radical (unpaired) electrons. The van der Waals surface area contributed by atoms with E-state index in [1.165, 1.54) is 4.90 Å². The summed E-state index contributed by atoms with van der Waals surface area (Å²) in [6.07, 6.45) is -4.23. The Labute approximate surface area is 92.4 Å². The highest BCUT2D eigenvalue weighted by Crippen LogP contribution is 2.17. The minimum atomic E-state index is -4.23. The van der Waals surface area contributed by atoms with Gasteiger partial charge in [-0.05, 0) is 13.8 Å². The minimum absolute atomic E-state index is 0.171. The number of nitrogens with zero attached hydrogens (tertiary/aromatic N) is 1. The van der Waals surface area contributed by atoms with Gasteiger partial charge in [-0.2, -0.15) is 13.2 Å². The summed E-state index contributed by atoms with van der Waals surface area (Å²) in [5.74, 6) is -1.02. The van der Waals surface area contributed by atoms with E-state index in [2.05, 4.69) is 5.32 Å². The van der Waals surface area contributed by atoms with Gasteiger partial charge in [0.15, 0.2) is 0 Å². The first-order valence-electron chi connectivity index (χ1n) is 4.95. The summed E-state index contributed by atoms with van der Waals surface area (Å²) >= 11 is 0. The van der Waals surface area contributed by atoms with E-state index >= 15 is 0 Å². The van der Waals surface area contributed by atoms with Crippen LogP contribution in [-0.4, -0.2) is 54.4 Å². The smallest absolute Gasteiger partial charge is 0.401 e. The summed E-state index contributed by atoms with van der Waals surface area (Å²) < 4.78 is 36.4. The highest BCUT2D eigenvalue weighted by Gasteiger charge is 2.31. The van der Waals surface area contributed by atoms with Crippen molar-refractivity contribution >= 4 is 5.97 Å². The predicted molar refractivity (Wildman–Crippen MR) is 53.3 cm³/mol. The van der Waals surface area contributed by atoms with Gasteiger partial charge in [-0.3, -0.25) is 9.69 Å². The van der Waals surface area contributed by atoms with Gasteiger partial charge in [0, 0.05) is 19.1 Å². The fourth-order valence-electron chi connectivity index (χ4n) is 1.17. The van der Waals surface area contributed by atoms with Gasteiger partial charge in [-0.1, -0.05) is 0 Å². The molecule has 0 heterocycles. The Bertz CT molecular complexity index is 219. The maximum atomic E-state index is 12.1. The molecule has 7 heteroatoms. The van der Waals surface area contributed by atoms with Gasteiger partial charge in [-0.25, -0.2) is 0 Å². The zero-order valence-electron chi connectivity index (χ0n) is 9.34. The van der Waals surface area contributed by atoms with Crippen LogP contribution < -0.4 is 5.32 Å². The highest BCUT2D eigenvalue weighted by molar-refractivity contribution is 5.68. The highest BCUT2D eigenvalue weighted by atomic mass is 19.4. The zero-order chi connectivity index (χ0) is 12.8. The molecule has 96 valence electrons. The summed E-state index contributed by atoms with van der Waals surface area (Å²) in [4.78, 5) is 11.4. The molecule has 2 N–H and O–H groups in total. The average Bonchev–Trinajstić information content (AvgIpc) is 2.07. The third-order valence-corrected chi connectivity index (χ3v) is 1.96. The van der Waals surface area contributed by atoms with E-state index in [0.717, 1.165) is 0 Å². The number of carbonyl (C=O) groups is 1. The first-order valence-corrected chi connectivity index (χ1v) is 4.95. The molecule has 0 atom stereocenters. The van der Waals surface area contributed by atoms with E-state index in [0.29, 0.717) is 0 Å². The maximum absolute atomic E-state index is 12.1. The first kappa shape index (κ1) is 15.2. The van der Waals surface area contributed by atoms with Gasteiger partial charge < -0.3 is 10.4 Å². The number of halogens is 3. The van der Waals surface area contributed by atoms with Crippen LogP contribution in [0.25, 0.3) is 0 Å². The normalized spacial score (nSPS) is 12.4. The number of aliphatic carboxylic acids is 1. The van der Waals surface area contributed by atoms with Gasteiger partial charge in [0.25, 0.3) is 0 Å². The molecule has 0 fully saturated rings. The van der Waals surface area contributed by atoms with E-state index < -0.39 is 18.7 Å². The van der Waals surface area contributed by atoms with Crippen LogP contribution in [0.3, 0.4) is 0 Å². The number of rotatable bonds is 7. The minimum Gasteiger partial charge on any atom is -0.480 e. The summed E-state index contributed by atoms with van der Waals surface area (Å²) in [5, 5.41) is 10.9. The Balaban J connectivity index is 3.91. The summed E-state index contributed by atoms with van der Waals surface area (Å²) in [6, 6.07) is -0.228. The molecule has 16 heavy (non-hydrogen) atoms. The van der Waals surface area contributed by atoms with Crippen LogP contribution in [0.4, 0.5) is 13.2 Å². The molecule has 0 aromatic rings. The van der Waals surface area contributed by atoms with E-state index in [9.17, 15) is 18.0 Å². The Kier molecular flexibility index (Phi) is 6.35. The molecule has 0 aromatic heterocycles. The molecule has 0 aliphatic heterocycles. The van der Waals surface area contributed by atoms with E-state index in [4.69, 9.17) is 5.11 Å². The first-order chi connectivity index (χ1) is 7.22. The van der Waals surface area contributed by atoms with Gasteiger partial charge in [0.2, 0.25) is 0 Å². The van der Waals surface area contributed by atoms with Crippen LogP contribution in [0, 0.1) is 0 Å². The van der Waals surface area contributed by atoms with Crippen molar-refractivity contribution in [3.8, 4) is 0 Å². The third-order valence-electron chi connectivity index (χ3n) is 1.96. The van der Waals surface area contributed by atoms with Crippen molar-refractivity contribution in [3.05, 3.63) is 0 Å². The topological polar surface area (TPSA) is 52.6 Å². The lowest BCUT2D eigenvalue weighted by Crippen LogP contribution is -2.43. The standard InChI is InChI=1S/C9H17F3N2O2/c1-7(2)14(6-9(10,11)12)4-3-13-5-8(15)16/h7,13H,3-6H2,1-2H3,(H,15,16). The Morgan fingerprint density at radius 1 is 1.44 bits per heavy atom. The second-order valence-corrected chi connectivity index (χ2v) is 3.75. The molecule has 0 spiro atoms. The monoisotopic (exact) mass is 242 g/mol. The van der Waals surface area contributed by atoms with Crippen molar-refractivity contribution < 1.29 is 23.1 Å².